The SMILES string of the molecule is CCc1c(N)ncnc1Nc1ccc(Br)c(C(F)(F)F)c1. The summed E-state index contributed by atoms with van der Waals surface area (Å²) in [5.74, 6) is 0.712. The maximum absolute atomic E-state index is 12.9. The fraction of sp³-hybridized carbons (Fsp3) is 0.231. The minimum Gasteiger partial charge on any atom is -0.383 e. The van der Waals surface area contributed by atoms with Gasteiger partial charge in [-0.05, 0) is 24.6 Å². The lowest BCUT2D eigenvalue weighted by Crippen LogP contribution is -2.08. The van der Waals surface area contributed by atoms with Crippen LogP contribution in [0, 0.1) is 0 Å². The minimum atomic E-state index is -4.44. The van der Waals surface area contributed by atoms with Crippen LogP contribution in [0.2, 0.25) is 0 Å². The number of nitrogens with two attached hydrogens (primary N) is 1. The van der Waals surface area contributed by atoms with Gasteiger partial charge in [0.05, 0.1) is 5.56 Å². The van der Waals surface area contributed by atoms with Gasteiger partial charge in [0.2, 0.25) is 0 Å². The van der Waals surface area contributed by atoms with E-state index in [9.17, 15) is 13.2 Å². The Morgan fingerprint density at radius 2 is 2.00 bits per heavy atom. The summed E-state index contributed by atoms with van der Waals surface area (Å²) in [4.78, 5) is 7.89. The molecule has 1 aromatic heterocycles. The Bertz CT molecular complexity index is 658. The molecule has 0 bridgehead atoms. The summed E-state index contributed by atoms with van der Waals surface area (Å²) in [6.07, 6.45) is -2.60. The van der Waals surface area contributed by atoms with Gasteiger partial charge >= 0.3 is 6.18 Å². The number of nitrogens with one attached hydrogen (secondary N) is 1. The zero-order valence-corrected chi connectivity index (χ0v) is 12.6. The van der Waals surface area contributed by atoms with Crippen molar-refractivity contribution in [2.24, 2.45) is 0 Å². The summed E-state index contributed by atoms with van der Waals surface area (Å²) in [5.41, 5.74) is 5.91. The highest BCUT2D eigenvalue weighted by molar-refractivity contribution is 9.10. The molecule has 1 aromatic carbocycles. The van der Waals surface area contributed by atoms with E-state index in [1.807, 2.05) is 6.92 Å². The Balaban J connectivity index is 2.39. The zero-order chi connectivity index (χ0) is 15.6. The van der Waals surface area contributed by atoms with Crippen LogP contribution < -0.4 is 11.1 Å². The molecule has 0 unspecified atom stereocenters. The Morgan fingerprint density at radius 3 is 2.62 bits per heavy atom. The fourth-order valence-corrected chi connectivity index (χ4v) is 2.31. The van der Waals surface area contributed by atoms with Crippen molar-refractivity contribution < 1.29 is 13.2 Å². The molecule has 0 amide bonds. The van der Waals surface area contributed by atoms with Crippen LogP contribution in [0.15, 0.2) is 29.0 Å². The topological polar surface area (TPSA) is 63.8 Å². The molecule has 112 valence electrons. The van der Waals surface area contributed by atoms with E-state index in [4.69, 9.17) is 5.73 Å². The summed E-state index contributed by atoms with van der Waals surface area (Å²) >= 11 is 2.90. The van der Waals surface area contributed by atoms with E-state index >= 15 is 0 Å². The third-order valence-electron chi connectivity index (χ3n) is 2.87. The lowest BCUT2D eigenvalue weighted by Gasteiger charge is -2.14. The lowest BCUT2D eigenvalue weighted by molar-refractivity contribution is -0.138. The van der Waals surface area contributed by atoms with E-state index in [1.165, 1.54) is 18.5 Å². The molecule has 0 aliphatic rings. The van der Waals surface area contributed by atoms with Crippen LogP contribution in [0.4, 0.5) is 30.5 Å². The van der Waals surface area contributed by atoms with Crippen molar-refractivity contribution in [2.45, 2.75) is 19.5 Å². The molecule has 0 aliphatic heterocycles. The quantitative estimate of drug-likeness (QED) is 0.862. The van der Waals surface area contributed by atoms with Gasteiger partial charge in [-0.1, -0.05) is 22.9 Å². The second-order valence-electron chi connectivity index (χ2n) is 4.26. The number of nitrogens with zero attached hydrogens (tertiary/aromatic N) is 2. The molecule has 1 heterocycles. The molecule has 21 heavy (non-hydrogen) atoms. The number of aromatic nitrogens is 2. The number of rotatable bonds is 3. The molecule has 2 rings (SSSR count). The molecule has 0 aliphatic carbocycles. The first kappa shape index (κ1) is 15.6. The van der Waals surface area contributed by atoms with Gasteiger partial charge in [0, 0.05) is 15.7 Å². The molecule has 0 spiro atoms. The number of benzene rings is 1. The Kier molecular flexibility index (Phi) is 4.36. The van der Waals surface area contributed by atoms with E-state index in [2.05, 4.69) is 31.2 Å². The van der Waals surface area contributed by atoms with E-state index in [0.29, 0.717) is 23.6 Å². The maximum atomic E-state index is 12.9. The summed E-state index contributed by atoms with van der Waals surface area (Å²) in [7, 11) is 0. The number of halogens is 4. The molecule has 8 heteroatoms. The lowest BCUT2D eigenvalue weighted by atomic mass is 10.1. The Hall–Kier alpha value is -1.83. The van der Waals surface area contributed by atoms with Crippen LogP contribution in [0.5, 0.6) is 0 Å². The number of nitrogen functional groups attached to an aromatic ring is 1. The number of anilines is 3. The van der Waals surface area contributed by atoms with E-state index in [0.717, 1.165) is 6.07 Å². The van der Waals surface area contributed by atoms with Crippen LogP contribution in [-0.2, 0) is 12.6 Å². The molecular formula is C13H12BrF3N4. The van der Waals surface area contributed by atoms with Crippen molar-refractivity contribution in [3.8, 4) is 0 Å². The smallest absolute Gasteiger partial charge is 0.383 e. The summed E-state index contributed by atoms with van der Waals surface area (Å²) < 4.78 is 38.6. The van der Waals surface area contributed by atoms with Gasteiger partial charge in [0.25, 0.3) is 0 Å². The summed E-state index contributed by atoms with van der Waals surface area (Å²) in [6, 6.07) is 3.88. The zero-order valence-electron chi connectivity index (χ0n) is 11.0. The predicted octanol–water partition coefficient (Wildman–Crippen LogP) is 4.15. The van der Waals surface area contributed by atoms with Gasteiger partial charge in [-0.2, -0.15) is 13.2 Å². The van der Waals surface area contributed by atoms with Crippen LogP contribution in [0.25, 0.3) is 0 Å². The second-order valence-corrected chi connectivity index (χ2v) is 5.11. The van der Waals surface area contributed by atoms with Gasteiger partial charge in [0.15, 0.2) is 0 Å². The second kappa shape index (κ2) is 5.88. The Labute approximate surface area is 127 Å². The first-order chi connectivity index (χ1) is 9.82. The normalized spacial score (nSPS) is 11.5. The molecule has 0 saturated carbocycles. The van der Waals surface area contributed by atoms with Gasteiger partial charge in [0.1, 0.15) is 18.0 Å². The first-order valence-electron chi connectivity index (χ1n) is 6.06. The maximum Gasteiger partial charge on any atom is 0.417 e. The molecule has 0 fully saturated rings. The van der Waals surface area contributed by atoms with Gasteiger partial charge in [-0.25, -0.2) is 9.97 Å². The average Bonchev–Trinajstić information content (AvgIpc) is 2.40. The molecule has 0 radical (unpaired) electrons. The monoisotopic (exact) mass is 360 g/mol. The standard InChI is InChI=1S/C13H12BrF3N4/c1-2-8-11(18)19-6-20-12(8)21-7-3-4-10(14)9(5-7)13(15,16)17/h3-6H,2H2,1H3,(H3,18,19,20,21). The number of hydrogen-bond donors (Lipinski definition) is 2. The highest BCUT2D eigenvalue weighted by Gasteiger charge is 2.33. The van der Waals surface area contributed by atoms with Crippen LogP contribution in [0.3, 0.4) is 0 Å². The van der Waals surface area contributed by atoms with Crippen LogP contribution in [-0.4, -0.2) is 9.97 Å². The van der Waals surface area contributed by atoms with E-state index < -0.39 is 11.7 Å². The third-order valence-corrected chi connectivity index (χ3v) is 3.56. The van der Waals surface area contributed by atoms with Crippen molar-refractivity contribution in [3.05, 3.63) is 40.1 Å². The number of hydrogen-bond acceptors (Lipinski definition) is 4. The highest BCUT2D eigenvalue weighted by atomic mass is 79.9. The van der Waals surface area contributed by atoms with Crippen molar-refractivity contribution in [1.29, 1.82) is 0 Å². The molecular weight excluding hydrogens is 349 g/mol. The molecule has 3 N–H and O–H groups in total. The van der Waals surface area contributed by atoms with Gasteiger partial charge in [-0.3, -0.25) is 0 Å². The van der Waals surface area contributed by atoms with Gasteiger partial charge < -0.3 is 11.1 Å². The van der Waals surface area contributed by atoms with Crippen molar-refractivity contribution in [2.75, 3.05) is 11.1 Å². The predicted molar refractivity (Wildman–Crippen MR) is 78.2 cm³/mol. The average molecular weight is 361 g/mol. The van der Waals surface area contributed by atoms with E-state index in [-0.39, 0.29) is 10.2 Å². The Morgan fingerprint density at radius 1 is 1.29 bits per heavy atom. The largest absolute Gasteiger partial charge is 0.417 e. The molecule has 0 atom stereocenters. The van der Waals surface area contributed by atoms with Gasteiger partial charge in [-0.15, -0.1) is 0 Å². The van der Waals surface area contributed by atoms with Crippen LogP contribution >= 0.6 is 15.9 Å². The fourth-order valence-electron chi connectivity index (χ4n) is 1.84. The van der Waals surface area contributed by atoms with Crippen molar-refractivity contribution in [3.63, 3.8) is 0 Å². The molecule has 0 saturated heterocycles. The van der Waals surface area contributed by atoms with E-state index in [1.54, 1.807) is 0 Å². The molecule has 4 nitrogen and oxygen atoms in total. The highest BCUT2D eigenvalue weighted by Crippen LogP contribution is 2.37. The summed E-state index contributed by atoms with van der Waals surface area (Å²) in [5, 5.41) is 2.85. The minimum absolute atomic E-state index is 0.0153. The third kappa shape index (κ3) is 3.44. The first-order valence-corrected chi connectivity index (χ1v) is 6.85. The molecule has 2 aromatic rings. The van der Waals surface area contributed by atoms with Crippen LogP contribution in [0.1, 0.15) is 18.1 Å². The van der Waals surface area contributed by atoms with Crippen molar-refractivity contribution >= 4 is 33.3 Å². The summed E-state index contributed by atoms with van der Waals surface area (Å²) in [6.45, 7) is 1.86. The number of alkyl halides is 3. The van der Waals surface area contributed by atoms with Crippen molar-refractivity contribution in [1.82, 2.24) is 9.97 Å².